The number of nitrogens with two attached hydrogens (primary N) is 1. The van der Waals surface area contributed by atoms with Crippen LogP contribution in [-0.2, 0) is 0 Å². The van der Waals surface area contributed by atoms with E-state index in [0.717, 1.165) is 12.1 Å². The van der Waals surface area contributed by atoms with E-state index in [9.17, 15) is 0 Å². The van der Waals surface area contributed by atoms with Gasteiger partial charge in [-0.15, -0.1) is 0 Å². The van der Waals surface area contributed by atoms with Crippen molar-refractivity contribution in [3.63, 3.8) is 0 Å². The zero-order valence-electron chi connectivity index (χ0n) is 8.12. The van der Waals surface area contributed by atoms with E-state index in [1.54, 1.807) is 12.1 Å². The Bertz CT molecular complexity index is 375. The highest BCUT2D eigenvalue weighted by molar-refractivity contribution is 5.62. The van der Waals surface area contributed by atoms with Crippen molar-refractivity contribution in [3.8, 4) is 6.07 Å². The van der Waals surface area contributed by atoms with Crippen LogP contribution in [0.15, 0.2) is 24.3 Å². The largest absolute Gasteiger partial charge is 0.399 e. The van der Waals surface area contributed by atoms with Crippen LogP contribution in [0.1, 0.15) is 11.1 Å². The van der Waals surface area contributed by atoms with E-state index in [-0.39, 0.29) is 0 Å². The molecular formula is C11H13N3. The molecule has 72 valence electrons. The maximum Gasteiger partial charge on any atom is 0.0998 e. The molecule has 0 amide bonds. The summed E-state index contributed by atoms with van der Waals surface area (Å²) in [6.45, 7) is 0.787. The van der Waals surface area contributed by atoms with Gasteiger partial charge in [-0.05, 0) is 24.7 Å². The first-order chi connectivity index (χ1) is 6.77. The Hall–Kier alpha value is -1.79. The van der Waals surface area contributed by atoms with E-state index in [1.165, 1.54) is 0 Å². The van der Waals surface area contributed by atoms with Crippen LogP contribution in [0.4, 0.5) is 5.69 Å². The highest BCUT2D eigenvalue weighted by Crippen LogP contribution is 2.13. The standard InChI is InChI=1S/C11H13N3/c1-14-6-2-3-9-4-5-11(13)7-10(9)8-12/h2-5,7,14H,6,13H2,1H3. The van der Waals surface area contributed by atoms with Gasteiger partial charge in [0.15, 0.2) is 0 Å². The van der Waals surface area contributed by atoms with Crippen LogP contribution in [0, 0.1) is 11.3 Å². The molecule has 0 spiro atoms. The van der Waals surface area contributed by atoms with Crippen molar-refractivity contribution in [3.05, 3.63) is 35.4 Å². The Morgan fingerprint density at radius 3 is 3.00 bits per heavy atom. The molecular weight excluding hydrogens is 174 g/mol. The molecule has 1 rings (SSSR count). The first-order valence-corrected chi connectivity index (χ1v) is 4.38. The van der Waals surface area contributed by atoms with Crippen molar-refractivity contribution in [2.24, 2.45) is 0 Å². The third-order valence-electron chi connectivity index (χ3n) is 1.82. The van der Waals surface area contributed by atoms with E-state index in [0.29, 0.717) is 11.3 Å². The van der Waals surface area contributed by atoms with Crippen molar-refractivity contribution in [1.82, 2.24) is 5.32 Å². The third kappa shape index (κ3) is 2.61. The molecule has 14 heavy (non-hydrogen) atoms. The van der Waals surface area contributed by atoms with Gasteiger partial charge in [-0.3, -0.25) is 0 Å². The van der Waals surface area contributed by atoms with Crippen LogP contribution in [0.3, 0.4) is 0 Å². The number of benzene rings is 1. The minimum atomic E-state index is 0.609. The Morgan fingerprint density at radius 1 is 1.57 bits per heavy atom. The molecule has 0 atom stereocenters. The summed E-state index contributed by atoms with van der Waals surface area (Å²) in [7, 11) is 1.87. The predicted molar refractivity (Wildman–Crippen MR) is 58.5 cm³/mol. The summed E-state index contributed by atoms with van der Waals surface area (Å²) in [5, 5.41) is 11.8. The number of hydrogen-bond donors (Lipinski definition) is 2. The molecule has 0 bridgehead atoms. The second kappa shape index (κ2) is 5.05. The van der Waals surface area contributed by atoms with Gasteiger partial charge in [0.2, 0.25) is 0 Å². The smallest absolute Gasteiger partial charge is 0.0998 e. The van der Waals surface area contributed by atoms with Crippen LogP contribution in [0.2, 0.25) is 0 Å². The lowest BCUT2D eigenvalue weighted by Crippen LogP contribution is -2.03. The second-order valence-corrected chi connectivity index (χ2v) is 2.92. The molecule has 0 radical (unpaired) electrons. The molecule has 0 aliphatic carbocycles. The van der Waals surface area contributed by atoms with Crippen molar-refractivity contribution in [2.45, 2.75) is 0 Å². The van der Waals surface area contributed by atoms with Gasteiger partial charge >= 0.3 is 0 Å². The molecule has 3 N–H and O–H groups in total. The molecule has 3 heteroatoms. The lowest BCUT2D eigenvalue weighted by Gasteiger charge is -1.99. The van der Waals surface area contributed by atoms with Crippen LogP contribution in [0.25, 0.3) is 6.08 Å². The molecule has 0 fully saturated rings. The zero-order chi connectivity index (χ0) is 10.4. The van der Waals surface area contributed by atoms with Gasteiger partial charge in [-0.1, -0.05) is 18.2 Å². The highest BCUT2D eigenvalue weighted by Gasteiger charge is 1.97. The number of hydrogen-bond acceptors (Lipinski definition) is 3. The molecule has 1 aromatic carbocycles. The summed E-state index contributed by atoms with van der Waals surface area (Å²) in [5.41, 5.74) is 7.70. The Labute approximate surface area is 83.8 Å². The summed E-state index contributed by atoms with van der Waals surface area (Å²) in [6, 6.07) is 7.43. The molecule has 0 aliphatic heterocycles. The number of nitrogens with zero attached hydrogens (tertiary/aromatic N) is 1. The second-order valence-electron chi connectivity index (χ2n) is 2.92. The number of nitriles is 1. The highest BCUT2D eigenvalue weighted by atomic mass is 14.8. The van der Waals surface area contributed by atoms with Crippen LogP contribution < -0.4 is 11.1 Å². The lowest BCUT2D eigenvalue weighted by molar-refractivity contribution is 0.922. The molecule has 0 unspecified atom stereocenters. The zero-order valence-corrected chi connectivity index (χ0v) is 8.12. The van der Waals surface area contributed by atoms with Crippen molar-refractivity contribution in [2.75, 3.05) is 19.3 Å². The van der Waals surface area contributed by atoms with Gasteiger partial charge in [0.05, 0.1) is 11.6 Å². The molecule has 0 heterocycles. The van der Waals surface area contributed by atoms with Crippen molar-refractivity contribution >= 4 is 11.8 Å². The maximum atomic E-state index is 8.84. The third-order valence-corrected chi connectivity index (χ3v) is 1.82. The van der Waals surface area contributed by atoms with E-state index < -0.39 is 0 Å². The monoisotopic (exact) mass is 187 g/mol. The van der Waals surface area contributed by atoms with Gasteiger partial charge in [0.1, 0.15) is 0 Å². The SMILES string of the molecule is CNCC=Cc1ccc(N)cc1C#N. The molecule has 0 saturated heterocycles. The fraction of sp³-hybridized carbons (Fsp3) is 0.182. The van der Waals surface area contributed by atoms with E-state index >= 15 is 0 Å². The Balaban J connectivity index is 2.92. The Morgan fingerprint density at radius 2 is 2.36 bits per heavy atom. The molecule has 1 aromatic rings. The summed E-state index contributed by atoms with van der Waals surface area (Å²) in [6.07, 6.45) is 3.88. The van der Waals surface area contributed by atoms with Crippen LogP contribution >= 0.6 is 0 Å². The number of nitrogens with one attached hydrogen (secondary N) is 1. The number of nitrogen functional groups attached to an aromatic ring is 1. The first-order valence-electron chi connectivity index (χ1n) is 4.38. The average molecular weight is 187 g/mol. The van der Waals surface area contributed by atoms with Gasteiger partial charge < -0.3 is 11.1 Å². The minimum Gasteiger partial charge on any atom is -0.399 e. The van der Waals surface area contributed by atoms with E-state index in [2.05, 4.69) is 11.4 Å². The number of rotatable bonds is 3. The van der Waals surface area contributed by atoms with Gasteiger partial charge in [0.25, 0.3) is 0 Å². The summed E-state index contributed by atoms with van der Waals surface area (Å²) in [5.74, 6) is 0. The van der Waals surface area contributed by atoms with E-state index in [4.69, 9.17) is 11.0 Å². The van der Waals surface area contributed by atoms with Crippen molar-refractivity contribution in [1.29, 1.82) is 5.26 Å². The van der Waals surface area contributed by atoms with E-state index in [1.807, 2.05) is 25.3 Å². The van der Waals surface area contributed by atoms with Gasteiger partial charge in [-0.25, -0.2) is 0 Å². The number of anilines is 1. The first kappa shape index (κ1) is 10.3. The minimum absolute atomic E-state index is 0.609. The molecule has 0 saturated carbocycles. The fourth-order valence-corrected chi connectivity index (χ4v) is 1.12. The molecule has 3 nitrogen and oxygen atoms in total. The normalized spacial score (nSPS) is 10.3. The number of likely N-dealkylation sites (N-methyl/N-ethyl adjacent to an activating group) is 1. The Kier molecular flexibility index (Phi) is 3.71. The maximum absolute atomic E-state index is 8.84. The van der Waals surface area contributed by atoms with Gasteiger partial charge in [-0.2, -0.15) is 5.26 Å². The average Bonchev–Trinajstić information content (AvgIpc) is 2.20. The predicted octanol–water partition coefficient (Wildman–Crippen LogP) is 1.37. The fourth-order valence-electron chi connectivity index (χ4n) is 1.12. The topological polar surface area (TPSA) is 61.8 Å². The summed E-state index contributed by atoms with van der Waals surface area (Å²) in [4.78, 5) is 0. The summed E-state index contributed by atoms with van der Waals surface area (Å²) < 4.78 is 0. The van der Waals surface area contributed by atoms with Crippen molar-refractivity contribution < 1.29 is 0 Å². The van der Waals surface area contributed by atoms with Crippen LogP contribution in [-0.4, -0.2) is 13.6 Å². The van der Waals surface area contributed by atoms with Gasteiger partial charge in [0, 0.05) is 12.2 Å². The molecule has 0 aliphatic rings. The van der Waals surface area contributed by atoms with Crippen LogP contribution in [0.5, 0.6) is 0 Å². The molecule has 0 aromatic heterocycles. The lowest BCUT2D eigenvalue weighted by atomic mass is 10.1. The summed E-state index contributed by atoms with van der Waals surface area (Å²) >= 11 is 0. The quantitative estimate of drug-likeness (QED) is 0.702.